The molecule has 0 aliphatic carbocycles. The van der Waals surface area contributed by atoms with Crippen LogP contribution in [0, 0.1) is 0 Å². The number of hydrogen-bond donors (Lipinski definition) is 3. The van der Waals surface area contributed by atoms with Gasteiger partial charge in [0.1, 0.15) is 6.04 Å². The Balaban J connectivity index is 1.68. The van der Waals surface area contributed by atoms with E-state index in [9.17, 15) is 22.8 Å². The standard InChI is InChI=1S/C22H26N4O5S/c1-16(27)25-18-7-9-19(10-8-18)32(30,31)26-14-13-24-22(29)20(26)15-21(28)23-12-11-17-5-3-2-4-6-17/h2-10,20H,11-15H2,1H3,(H,23,28)(H,24,29)(H,25,27)/t20-/m1/s1. The van der Waals surface area contributed by atoms with E-state index in [2.05, 4.69) is 16.0 Å². The fraction of sp³-hybridized carbons (Fsp3) is 0.318. The smallest absolute Gasteiger partial charge is 0.243 e. The maximum atomic E-state index is 13.2. The van der Waals surface area contributed by atoms with Crippen molar-refractivity contribution >= 4 is 33.4 Å². The summed E-state index contributed by atoms with van der Waals surface area (Å²) in [4.78, 5) is 36.0. The van der Waals surface area contributed by atoms with Gasteiger partial charge in [0, 0.05) is 32.2 Å². The molecule has 0 aromatic heterocycles. The molecule has 1 aliphatic heterocycles. The van der Waals surface area contributed by atoms with E-state index in [0.717, 1.165) is 9.87 Å². The molecule has 0 spiro atoms. The van der Waals surface area contributed by atoms with E-state index in [1.807, 2.05) is 30.3 Å². The molecule has 170 valence electrons. The molecule has 3 amide bonds. The number of hydrogen-bond acceptors (Lipinski definition) is 5. The van der Waals surface area contributed by atoms with E-state index < -0.39 is 27.9 Å². The molecule has 3 N–H and O–H groups in total. The van der Waals surface area contributed by atoms with Crippen LogP contribution in [0.3, 0.4) is 0 Å². The summed E-state index contributed by atoms with van der Waals surface area (Å²) in [5, 5.41) is 7.96. The number of carbonyl (C=O) groups excluding carboxylic acids is 3. The lowest BCUT2D eigenvalue weighted by Gasteiger charge is -2.33. The average molecular weight is 459 g/mol. The Morgan fingerprint density at radius 1 is 1.09 bits per heavy atom. The summed E-state index contributed by atoms with van der Waals surface area (Å²) in [5.41, 5.74) is 1.53. The Morgan fingerprint density at radius 2 is 1.78 bits per heavy atom. The molecule has 1 atom stereocenters. The Bertz CT molecular complexity index is 1070. The minimum atomic E-state index is -4.02. The van der Waals surface area contributed by atoms with Gasteiger partial charge in [-0.3, -0.25) is 14.4 Å². The van der Waals surface area contributed by atoms with E-state index in [-0.39, 0.29) is 30.3 Å². The summed E-state index contributed by atoms with van der Waals surface area (Å²) in [6, 6.07) is 14.2. The molecule has 1 heterocycles. The molecule has 3 rings (SSSR count). The zero-order valence-corrected chi connectivity index (χ0v) is 18.5. The fourth-order valence-electron chi connectivity index (χ4n) is 3.46. The van der Waals surface area contributed by atoms with Crippen molar-refractivity contribution < 1.29 is 22.8 Å². The highest BCUT2D eigenvalue weighted by atomic mass is 32.2. The van der Waals surface area contributed by atoms with Crippen molar-refractivity contribution in [2.24, 2.45) is 0 Å². The molecular formula is C22H26N4O5S. The normalized spacial score (nSPS) is 16.8. The van der Waals surface area contributed by atoms with Crippen molar-refractivity contribution in [1.82, 2.24) is 14.9 Å². The van der Waals surface area contributed by atoms with Crippen LogP contribution >= 0.6 is 0 Å². The molecule has 0 unspecified atom stereocenters. The van der Waals surface area contributed by atoms with E-state index in [1.165, 1.54) is 31.2 Å². The van der Waals surface area contributed by atoms with Crippen LogP contribution in [0.2, 0.25) is 0 Å². The quantitative estimate of drug-likeness (QED) is 0.542. The van der Waals surface area contributed by atoms with Crippen molar-refractivity contribution in [3.8, 4) is 0 Å². The Morgan fingerprint density at radius 3 is 2.44 bits per heavy atom. The number of sulfonamides is 1. The number of amides is 3. The van der Waals surface area contributed by atoms with E-state index in [0.29, 0.717) is 18.7 Å². The van der Waals surface area contributed by atoms with Gasteiger partial charge in [0.15, 0.2) is 0 Å². The lowest BCUT2D eigenvalue weighted by molar-refractivity contribution is -0.131. The molecule has 0 bridgehead atoms. The zero-order chi connectivity index (χ0) is 23.1. The summed E-state index contributed by atoms with van der Waals surface area (Å²) >= 11 is 0. The second kappa shape index (κ2) is 10.4. The number of piperazine rings is 1. The molecule has 0 radical (unpaired) electrons. The highest BCUT2D eigenvalue weighted by Crippen LogP contribution is 2.23. The third kappa shape index (κ3) is 5.92. The van der Waals surface area contributed by atoms with Gasteiger partial charge in [0.05, 0.1) is 11.3 Å². The van der Waals surface area contributed by atoms with Gasteiger partial charge in [0.2, 0.25) is 27.7 Å². The van der Waals surface area contributed by atoms with Gasteiger partial charge in [-0.2, -0.15) is 4.31 Å². The molecule has 1 aliphatic rings. The summed E-state index contributed by atoms with van der Waals surface area (Å²) in [5.74, 6) is -1.18. The number of nitrogens with zero attached hydrogens (tertiary/aromatic N) is 1. The number of nitrogens with one attached hydrogen (secondary N) is 3. The number of anilines is 1. The number of benzene rings is 2. The van der Waals surface area contributed by atoms with Crippen LogP contribution in [0.4, 0.5) is 5.69 Å². The van der Waals surface area contributed by atoms with Gasteiger partial charge in [-0.1, -0.05) is 30.3 Å². The molecule has 2 aromatic rings. The molecule has 10 heteroatoms. The van der Waals surface area contributed by atoms with Crippen LogP contribution in [0.5, 0.6) is 0 Å². The van der Waals surface area contributed by atoms with E-state index in [1.54, 1.807) is 0 Å². The second-order valence-electron chi connectivity index (χ2n) is 7.42. The first-order valence-electron chi connectivity index (χ1n) is 10.3. The van der Waals surface area contributed by atoms with Crippen LogP contribution in [0.1, 0.15) is 18.9 Å². The molecule has 0 saturated carbocycles. The van der Waals surface area contributed by atoms with Gasteiger partial charge in [-0.25, -0.2) is 8.42 Å². The van der Waals surface area contributed by atoms with Crippen molar-refractivity contribution in [2.45, 2.75) is 30.7 Å². The minimum Gasteiger partial charge on any atom is -0.356 e. The van der Waals surface area contributed by atoms with Crippen molar-refractivity contribution in [3.63, 3.8) is 0 Å². The molecule has 2 aromatic carbocycles. The van der Waals surface area contributed by atoms with Crippen molar-refractivity contribution in [2.75, 3.05) is 25.0 Å². The number of rotatable bonds is 8. The molecule has 1 fully saturated rings. The Labute approximate surface area is 187 Å². The van der Waals surface area contributed by atoms with Crippen molar-refractivity contribution in [1.29, 1.82) is 0 Å². The van der Waals surface area contributed by atoms with Gasteiger partial charge in [-0.05, 0) is 36.2 Å². The minimum absolute atomic E-state index is 0.0178. The molecule has 32 heavy (non-hydrogen) atoms. The van der Waals surface area contributed by atoms with Gasteiger partial charge in [-0.15, -0.1) is 0 Å². The van der Waals surface area contributed by atoms with Gasteiger partial charge in [0.25, 0.3) is 0 Å². The van der Waals surface area contributed by atoms with Crippen LogP contribution in [-0.2, 0) is 30.8 Å². The van der Waals surface area contributed by atoms with E-state index >= 15 is 0 Å². The molecule has 1 saturated heterocycles. The highest BCUT2D eigenvalue weighted by molar-refractivity contribution is 7.89. The van der Waals surface area contributed by atoms with Gasteiger partial charge < -0.3 is 16.0 Å². The highest BCUT2D eigenvalue weighted by Gasteiger charge is 2.39. The topological polar surface area (TPSA) is 125 Å². The van der Waals surface area contributed by atoms with Crippen LogP contribution < -0.4 is 16.0 Å². The van der Waals surface area contributed by atoms with Gasteiger partial charge >= 0.3 is 0 Å². The zero-order valence-electron chi connectivity index (χ0n) is 17.7. The van der Waals surface area contributed by atoms with E-state index in [4.69, 9.17) is 0 Å². The second-order valence-corrected chi connectivity index (χ2v) is 9.31. The average Bonchev–Trinajstić information content (AvgIpc) is 2.76. The van der Waals surface area contributed by atoms with Crippen LogP contribution in [-0.4, -0.2) is 56.1 Å². The third-order valence-electron chi connectivity index (χ3n) is 5.02. The summed E-state index contributed by atoms with van der Waals surface area (Å²) in [6.45, 7) is 1.96. The molecule has 9 nitrogen and oxygen atoms in total. The Hall–Kier alpha value is -3.24. The number of carbonyl (C=O) groups is 3. The summed E-state index contributed by atoms with van der Waals surface area (Å²) in [6.07, 6.45) is 0.357. The van der Waals surface area contributed by atoms with Crippen molar-refractivity contribution in [3.05, 3.63) is 60.2 Å². The Kier molecular flexibility index (Phi) is 7.60. The molecular weight excluding hydrogens is 432 g/mol. The predicted molar refractivity (Wildman–Crippen MR) is 119 cm³/mol. The first-order valence-corrected chi connectivity index (χ1v) is 11.7. The van der Waals surface area contributed by atoms with Crippen LogP contribution in [0.25, 0.3) is 0 Å². The fourth-order valence-corrected chi connectivity index (χ4v) is 5.05. The van der Waals surface area contributed by atoms with Crippen LogP contribution in [0.15, 0.2) is 59.5 Å². The predicted octanol–water partition coefficient (Wildman–Crippen LogP) is 0.883. The monoisotopic (exact) mass is 458 g/mol. The third-order valence-corrected chi connectivity index (χ3v) is 6.94. The summed E-state index contributed by atoms with van der Waals surface area (Å²) in [7, 11) is -4.02. The largest absolute Gasteiger partial charge is 0.356 e. The first kappa shape index (κ1) is 23.4. The first-order chi connectivity index (χ1) is 15.3. The maximum absolute atomic E-state index is 13.2. The maximum Gasteiger partial charge on any atom is 0.243 e. The lowest BCUT2D eigenvalue weighted by Crippen LogP contribution is -2.58. The summed E-state index contributed by atoms with van der Waals surface area (Å²) < 4.78 is 27.4. The lowest BCUT2D eigenvalue weighted by atomic mass is 10.1. The SMILES string of the molecule is CC(=O)Nc1ccc(S(=O)(=O)N2CCNC(=O)[C@H]2CC(=O)NCCc2ccccc2)cc1.